The lowest BCUT2D eigenvalue weighted by atomic mass is 10.2. The summed E-state index contributed by atoms with van der Waals surface area (Å²) in [4.78, 5) is 14.4. The molecule has 8 heteroatoms. The second kappa shape index (κ2) is 4.47. The van der Waals surface area contributed by atoms with Crippen molar-refractivity contribution in [3.8, 4) is 0 Å². The summed E-state index contributed by atoms with van der Waals surface area (Å²) in [5.74, 6) is 0.820. The van der Waals surface area contributed by atoms with E-state index < -0.39 is 4.92 Å². The largest absolute Gasteiger partial charge is 0.406 e. The average Bonchev–Trinajstić information content (AvgIpc) is 2.92. The van der Waals surface area contributed by atoms with Crippen LogP contribution in [0.15, 0.2) is 12.4 Å². The van der Waals surface area contributed by atoms with E-state index in [2.05, 4.69) is 20.5 Å². The van der Waals surface area contributed by atoms with Crippen LogP contribution in [-0.2, 0) is 7.05 Å². The average molecular weight is 250 g/mol. The predicted molar refractivity (Wildman–Crippen MR) is 65.2 cm³/mol. The molecular formula is C10H14N6O2. The topological polar surface area (TPSA) is 102 Å². The number of anilines is 1. The summed E-state index contributed by atoms with van der Waals surface area (Å²) in [6.45, 7) is 3.62. The van der Waals surface area contributed by atoms with Gasteiger partial charge in [-0.2, -0.15) is 5.10 Å². The Bertz CT molecular complexity index is 559. The van der Waals surface area contributed by atoms with Crippen molar-refractivity contribution in [1.82, 2.24) is 19.7 Å². The highest BCUT2D eigenvalue weighted by atomic mass is 16.6. The van der Waals surface area contributed by atoms with E-state index in [0.29, 0.717) is 11.6 Å². The zero-order valence-electron chi connectivity index (χ0n) is 10.3. The molecule has 0 saturated carbocycles. The lowest BCUT2D eigenvalue weighted by molar-refractivity contribution is -0.388. The summed E-state index contributed by atoms with van der Waals surface area (Å²) < 4.78 is 1.66. The summed E-state index contributed by atoms with van der Waals surface area (Å²) in [6, 6.07) is -0.0998. The molecule has 0 radical (unpaired) electrons. The second-order valence-corrected chi connectivity index (χ2v) is 4.05. The minimum atomic E-state index is -0.489. The molecule has 2 aromatic heterocycles. The standard InChI is InChI=1S/C10H14N6O2/c1-6(8-4-11-12-5-8)13-9-10(16(17)18)14-7(2)15(9)3/h4-6,13H,1-3H3,(H,11,12). The monoisotopic (exact) mass is 250 g/mol. The van der Waals surface area contributed by atoms with Crippen molar-refractivity contribution < 1.29 is 4.92 Å². The third kappa shape index (κ3) is 2.04. The van der Waals surface area contributed by atoms with E-state index in [4.69, 9.17) is 0 Å². The molecule has 2 aromatic rings. The van der Waals surface area contributed by atoms with Crippen LogP contribution in [0.5, 0.6) is 0 Å². The quantitative estimate of drug-likeness (QED) is 0.633. The highest BCUT2D eigenvalue weighted by molar-refractivity contribution is 5.54. The lowest BCUT2D eigenvalue weighted by Gasteiger charge is -2.13. The maximum Gasteiger partial charge on any atom is 0.406 e. The Kier molecular flexibility index (Phi) is 3.00. The summed E-state index contributed by atoms with van der Waals surface area (Å²) in [5, 5.41) is 20.6. The van der Waals surface area contributed by atoms with Gasteiger partial charge in [0, 0.05) is 25.7 Å². The van der Waals surface area contributed by atoms with Crippen molar-refractivity contribution in [3.05, 3.63) is 33.9 Å². The van der Waals surface area contributed by atoms with Gasteiger partial charge >= 0.3 is 5.82 Å². The number of aromatic amines is 1. The fourth-order valence-electron chi connectivity index (χ4n) is 1.67. The van der Waals surface area contributed by atoms with E-state index in [9.17, 15) is 10.1 Å². The molecule has 0 aliphatic heterocycles. The van der Waals surface area contributed by atoms with Crippen molar-refractivity contribution in [1.29, 1.82) is 0 Å². The molecule has 2 rings (SSSR count). The van der Waals surface area contributed by atoms with Gasteiger partial charge in [0.2, 0.25) is 11.6 Å². The van der Waals surface area contributed by atoms with Gasteiger partial charge in [0.05, 0.1) is 12.2 Å². The maximum atomic E-state index is 10.9. The molecule has 0 aliphatic carbocycles. The molecule has 0 spiro atoms. The van der Waals surface area contributed by atoms with Crippen LogP contribution in [0.25, 0.3) is 0 Å². The zero-order chi connectivity index (χ0) is 13.3. The van der Waals surface area contributed by atoms with E-state index in [1.807, 2.05) is 6.92 Å². The fourth-order valence-corrected chi connectivity index (χ4v) is 1.67. The summed E-state index contributed by atoms with van der Waals surface area (Å²) in [5.41, 5.74) is 0.920. The lowest BCUT2D eigenvalue weighted by Crippen LogP contribution is -2.10. The number of imidazole rings is 1. The second-order valence-electron chi connectivity index (χ2n) is 4.05. The first kappa shape index (κ1) is 12.1. The summed E-state index contributed by atoms with van der Waals surface area (Å²) in [6.07, 6.45) is 3.42. The van der Waals surface area contributed by atoms with Gasteiger partial charge in [-0.05, 0) is 16.8 Å². The summed E-state index contributed by atoms with van der Waals surface area (Å²) >= 11 is 0. The molecule has 8 nitrogen and oxygen atoms in total. The molecule has 2 N–H and O–H groups in total. The van der Waals surface area contributed by atoms with Gasteiger partial charge in [-0.15, -0.1) is 0 Å². The van der Waals surface area contributed by atoms with Gasteiger partial charge in [-0.1, -0.05) is 0 Å². The van der Waals surface area contributed by atoms with Crippen molar-refractivity contribution in [2.45, 2.75) is 19.9 Å². The molecule has 18 heavy (non-hydrogen) atoms. The number of aryl methyl sites for hydroxylation is 1. The minimum Gasteiger partial charge on any atom is -0.358 e. The number of H-pyrrole nitrogens is 1. The van der Waals surface area contributed by atoms with E-state index in [-0.39, 0.29) is 11.9 Å². The number of hydrogen-bond acceptors (Lipinski definition) is 5. The molecule has 0 saturated heterocycles. The number of hydrogen-bond donors (Lipinski definition) is 2. The Labute approximate surface area is 103 Å². The van der Waals surface area contributed by atoms with Gasteiger partial charge in [0.1, 0.15) is 0 Å². The first-order valence-electron chi connectivity index (χ1n) is 5.43. The van der Waals surface area contributed by atoms with E-state index in [1.54, 1.807) is 30.9 Å². The van der Waals surface area contributed by atoms with Crippen LogP contribution in [-0.4, -0.2) is 24.7 Å². The van der Waals surface area contributed by atoms with Crippen LogP contribution in [0.3, 0.4) is 0 Å². The van der Waals surface area contributed by atoms with Crippen molar-refractivity contribution >= 4 is 11.6 Å². The molecule has 0 aliphatic rings. The minimum absolute atomic E-state index is 0.0998. The number of aromatic nitrogens is 4. The van der Waals surface area contributed by atoms with Crippen LogP contribution in [0, 0.1) is 17.0 Å². The number of nitrogens with zero attached hydrogens (tertiary/aromatic N) is 4. The van der Waals surface area contributed by atoms with Crippen LogP contribution in [0.4, 0.5) is 11.6 Å². The van der Waals surface area contributed by atoms with Crippen LogP contribution < -0.4 is 5.32 Å². The van der Waals surface area contributed by atoms with Crippen LogP contribution in [0.1, 0.15) is 24.4 Å². The maximum absolute atomic E-state index is 10.9. The SMILES string of the molecule is Cc1nc([N+](=O)[O-])c(NC(C)c2cn[nH]c2)n1C. The van der Waals surface area contributed by atoms with E-state index in [0.717, 1.165) is 5.56 Å². The fraction of sp³-hybridized carbons (Fsp3) is 0.400. The number of nitrogens with one attached hydrogen (secondary N) is 2. The Morgan fingerprint density at radius 3 is 2.89 bits per heavy atom. The molecule has 1 atom stereocenters. The summed E-state index contributed by atoms with van der Waals surface area (Å²) in [7, 11) is 1.74. The van der Waals surface area contributed by atoms with Crippen molar-refractivity contribution in [2.24, 2.45) is 7.05 Å². The zero-order valence-corrected chi connectivity index (χ0v) is 10.3. The molecule has 0 amide bonds. The van der Waals surface area contributed by atoms with Gasteiger partial charge in [0.15, 0.2) is 0 Å². The van der Waals surface area contributed by atoms with Crippen LogP contribution in [0.2, 0.25) is 0 Å². The number of rotatable bonds is 4. The third-order valence-electron chi connectivity index (χ3n) is 2.85. The first-order chi connectivity index (χ1) is 8.50. The predicted octanol–water partition coefficient (Wildman–Crippen LogP) is 1.53. The number of nitro groups is 1. The molecule has 2 heterocycles. The van der Waals surface area contributed by atoms with Crippen molar-refractivity contribution in [3.63, 3.8) is 0 Å². The van der Waals surface area contributed by atoms with Gasteiger partial charge in [-0.3, -0.25) is 9.67 Å². The molecule has 1 unspecified atom stereocenters. The molecule has 0 aromatic carbocycles. The van der Waals surface area contributed by atoms with Crippen molar-refractivity contribution in [2.75, 3.05) is 5.32 Å². The molecule has 0 bridgehead atoms. The Balaban J connectivity index is 2.31. The molecule has 96 valence electrons. The van der Waals surface area contributed by atoms with Gasteiger partial charge in [0.25, 0.3) is 0 Å². The smallest absolute Gasteiger partial charge is 0.358 e. The van der Waals surface area contributed by atoms with Crippen LogP contribution >= 0.6 is 0 Å². The highest BCUT2D eigenvalue weighted by Gasteiger charge is 2.25. The highest BCUT2D eigenvalue weighted by Crippen LogP contribution is 2.27. The Morgan fingerprint density at radius 2 is 2.33 bits per heavy atom. The van der Waals surface area contributed by atoms with Gasteiger partial charge in [-0.25, -0.2) is 0 Å². The Morgan fingerprint density at radius 1 is 1.61 bits per heavy atom. The van der Waals surface area contributed by atoms with E-state index in [1.165, 1.54) is 0 Å². The first-order valence-corrected chi connectivity index (χ1v) is 5.43. The normalized spacial score (nSPS) is 12.4. The van der Waals surface area contributed by atoms with E-state index >= 15 is 0 Å². The Hall–Kier alpha value is -2.38. The third-order valence-corrected chi connectivity index (χ3v) is 2.85. The molecule has 0 fully saturated rings. The van der Waals surface area contributed by atoms with Gasteiger partial charge < -0.3 is 15.4 Å². The molecular weight excluding hydrogens is 236 g/mol.